The third-order valence-corrected chi connectivity index (χ3v) is 4.32. The van der Waals surface area contributed by atoms with Crippen molar-refractivity contribution >= 4 is 5.91 Å². The molecular formula is C20H21F2NO3. The zero-order chi connectivity index (χ0) is 18.5. The number of likely N-dealkylation sites (tertiary alicyclic amines) is 1. The van der Waals surface area contributed by atoms with Gasteiger partial charge in [-0.1, -0.05) is 6.07 Å². The molecule has 0 saturated carbocycles. The Morgan fingerprint density at radius 3 is 2.54 bits per heavy atom. The van der Waals surface area contributed by atoms with Crippen LogP contribution in [0.15, 0.2) is 42.5 Å². The average Bonchev–Trinajstić information content (AvgIpc) is 2.65. The SMILES string of the molecule is CCOc1cccc(C(=O)N2CCC(Oc3ccc(F)c(F)c3)CC2)c1. The van der Waals surface area contributed by atoms with Crippen LogP contribution in [0.4, 0.5) is 8.78 Å². The van der Waals surface area contributed by atoms with E-state index in [1.54, 1.807) is 23.1 Å². The lowest BCUT2D eigenvalue weighted by molar-refractivity contribution is 0.0594. The smallest absolute Gasteiger partial charge is 0.253 e. The van der Waals surface area contributed by atoms with Gasteiger partial charge in [0, 0.05) is 37.6 Å². The van der Waals surface area contributed by atoms with E-state index in [9.17, 15) is 13.6 Å². The Hall–Kier alpha value is -2.63. The molecule has 1 saturated heterocycles. The number of benzene rings is 2. The van der Waals surface area contributed by atoms with Crippen LogP contribution >= 0.6 is 0 Å². The lowest BCUT2D eigenvalue weighted by Gasteiger charge is -2.32. The number of piperidine rings is 1. The highest BCUT2D eigenvalue weighted by Gasteiger charge is 2.25. The van der Waals surface area contributed by atoms with Crippen molar-refractivity contribution in [1.29, 1.82) is 0 Å². The summed E-state index contributed by atoms with van der Waals surface area (Å²) in [4.78, 5) is 14.4. The van der Waals surface area contributed by atoms with E-state index in [0.29, 0.717) is 49.6 Å². The normalized spacial score (nSPS) is 15.0. The molecule has 2 aromatic rings. The Balaban J connectivity index is 1.56. The number of amides is 1. The van der Waals surface area contributed by atoms with E-state index in [0.717, 1.165) is 12.1 Å². The molecule has 3 rings (SSSR count). The molecule has 1 aliphatic rings. The minimum atomic E-state index is -0.927. The molecule has 4 nitrogen and oxygen atoms in total. The second-order valence-corrected chi connectivity index (χ2v) is 6.15. The monoisotopic (exact) mass is 361 g/mol. The number of ether oxygens (including phenoxy) is 2. The summed E-state index contributed by atoms with van der Waals surface area (Å²) in [6.07, 6.45) is 1.14. The van der Waals surface area contributed by atoms with Crippen LogP contribution in [0.2, 0.25) is 0 Å². The standard InChI is InChI=1S/C20H21F2NO3/c1-2-25-16-5-3-4-14(12-16)20(24)23-10-8-15(9-11-23)26-17-6-7-18(21)19(22)13-17/h3-7,12-13,15H,2,8-11H2,1H3. The maximum absolute atomic E-state index is 13.3. The van der Waals surface area contributed by atoms with E-state index in [1.807, 2.05) is 13.0 Å². The molecule has 0 bridgehead atoms. The molecule has 1 fully saturated rings. The van der Waals surface area contributed by atoms with Crippen molar-refractivity contribution in [1.82, 2.24) is 4.90 Å². The van der Waals surface area contributed by atoms with Crippen molar-refractivity contribution in [2.24, 2.45) is 0 Å². The second kappa shape index (κ2) is 8.17. The molecule has 0 unspecified atom stereocenters. The van der Waals surface area contributed by atoms with Gasteiger partial charge in [-0.15, -0.1) is 0 Å². The Bertz CT molecular complexity index is 773. The molecule has 0 radical (unpaired) electrons. The first-order valence-corrected chi connectivity index (χ1v) is 8.70. The number of hydrogen-bond donors (Lipinski definition) is 0. The van der Waals surface area contributed by atoms with Crippen LogP contribution in [0.1, 0.15) is 30.1 Å². The molecule has 26 heavy (non-hydrogen) atoms. The highest BCUT2D eigenvalue weighted by molar-refractivity contribution is 5.94. The molecule has 0 atom stereocenters. The van der Waals surface area contributed by atoms with E-state index in [2.05, 4.69) is 0 Å². The van der Waals surface area contributed by atoms with Gasteiger partial charge in [-0.3, -0.25) is 4.79 Å². The highest BCUT2D eigenvalue weighted by Crippen LogP contribution is 2.23. The minimum absolute atomic E-state index is 0.0437. The van der Waals surface area contributed by atoms with Gasteiger partial charge in [-0.2, -0.15) is 0 Å². The first-order valence-electron chi connectivity index (χ1n) is 8.70. The van der Waals surface area contributed by atoms with Crippen LogP contribution in [0.5, 0.6) is 11.5 Å². The fourth-order valence-electron chi connectivity index (χ4n) is 2.99. The van der Waals surface area contributed by atoms with Crippen molar-refractivity contribution in [3.63, 3.8) is 0 Å². The van der Waals surface area contributed by atoms with Gasteiger partial charge in [-0.05, 0) is 37.3 Å². The van der Waals surface area contributed by atoms with Gasteiger partial charge in [0.05, 0.1) is 6.61 Å². The summed E-state index contributed by atoms with van der Waals surface area (Å²) in [7, 11) is 0. The number of carbonyl (C=O) groups is 1. The van der Waals surface area contributed by atoms with Crippen molar-refractivity contribution in [3.05, 3.63) is 59.7 Å². The first kappa shape index (κ1) is 18.2. The molecule has 1 amide bonds. The van der Waals surface area contributed by atoms with E-state index in [1.165, 1.54) is 6.07 Å². The van der Waals surface area contributed by atoms with Crippen molar-refractivity contribution in [3.8, 4) is 11.5 Å². The van der Waals surface area contributed by atoms with E-state index >= 15 is 0 Å². The van der Waals surface area contributed by atoms with Crippen LogP contribution in [0, 0.1) is 11.6 Å². The summed E-state index contributed by atoms with van der Waals surface area (Å²) in [5, 5.41) is 0. The molecule has 2 aromatic carbocycles. The Labute approximate surface area is 151 Å². The van der Waals surface area contributed by atoms with E-state index in [-0.39, 0.29) is 12.0 Å². The van der Waals surface area contributed by atoms with Crippen LogP contribution < -0.4 is 9.47 Å². The van der Waals surface area contributed by atoms with Crippen molar-refractivity contribution < 1.29 is 23.0 Å². The predicted molar refractivity (Wildman–Crippen MR) is 93.5 cm³/mol. The molecule has 1 heterocycles. The fraction of sp³-hybridized carbons (Fsp3) is 0.350. The Morgan fingerprint density at radius 2 is 1.85 bits per heavy atom. The molecule has 0 aromatic heterocycles. The van der Waals surface area contributed by atoms with Gasteiger partial charge < -0.3 is 14.4 Å². The van der Waals surface area contributed by atoms with Crippen LogP contribution in [0.25, 0.3) is 0 Å². The van der Waals surface area contributed by atoms with E-state index in [4.69, 9.17) is 9.47 Å². The maximum atomic E-state index is 13.3. The van der Waals surface area contributed by atoms with Crippen molar-refractivity contribution in [2.75, 3.05) is 19.7 Å². The fourth-order valence-corrected chi connectivity index (χ4v) is 2.99. The third kappa shape index (κ3) is 4.31. The molecule has 6 heteroatoms. The zero-order valence-corrected chi connectivity index (χ0v) is 14.6. The third-order valence-electron chi connectivity index (χ3n) is 4.32. The summed E-state index contributed by atoms with van der Waals surface area (Å²) >= 11 is 0. The first-order chi connectivity index (χ1) is 12.6. The second-order valence-electron chi connectivity index (χ2n) is 6.15. The summed E-state index contributed by atoms with van der Waals surface area (Å²) < 4.78 is 37.4. The number of hydrogen-bond acceptors (Lipinski definition) is 3. The van der Waals surface area contributed by atoms with E-state index < -0.39 is 11.6 Å². The summed E-state index contributed by atoms with van der Waals surface area (Å²) in [5.41, 5.74) is 0.593. The predicted octanol–water partition coefficient (Wildman–Crippen LogP) is 4.05. The topological polar surface area (TPSA) is 38.8 Å². The molecule has 1 aliphatic heterocycles. The maximum Gasteiger partial charge on any atom is 0.253 e. The van der Waals surface area contributed by atoms with Gasteiger partial charge in [-0.25, -0.2) is 8.78 Å². The summed E-state index contributed by atoms with van der Waals surface area (Å²) in [6.45, 7) is 3.54. The molecule has 138 valence electrons. The summed E-state index contributed by atoms with van der Waals surface area (Å²) in [6, 6.07) is 10.7. The molecular weight excluding hydrogens is 340 g/mol. The molecule has 0 spiro atoms. The van der Waals surface area contributed by atoms with Crippen LogP contribution in [-0.2, 0) is 0 Å². The number of nitrogens with zero attached hydrogens (tertiary/aromatic N) is 1. The largest absolute Gasteiger partial charge is 0.494 e. The lowest BCUT2D eigenvalue weighted by atomic mass is 10.1. The lowest BCUT2D eigenvalue weighted by Crippen LogP contribution is -2.41. The van der Waals surface area contributed by atoms with Gasteiger partial charge in [0.2, 0.25) is 0 Å². The van der Waals surface area contributed by atoms with Gasteiger partial charge in [0.15, 0.2) is 11.6 Å². The summed E-state index contributed by atoms with van der Waals surface area (Å²) in [5.74, 6) is -0.887. The zero-order valence-electron chi connectivity index (χ0n) is 14.6. The quantitative estimate of drug-likeness (QED) is 0.807. The van der Waals surface area contributed by atoms with Crippen molar-refractivity contribution in [2.45, 2.75) is 25.9 Å². The number of carbonyl (C=O) groups excluding carboxylic acids is 1. The average molecular weight is 361 g/mol. The molecule has 0 N–H and O–H groups in total. The minimum Gasteiger partial charge on any atom is -0.494 e. The van der Waals surface area contributed by atoms with Gasteiger partial charge in [0.25, 0.3) is 5.91 Å². The number of halogens is 2. The van der Waals surface area contributed by atoms with Gasteiger partial charge >= 0.3 is 0 Å². The Kier molecular flexibility index (Phi) is 5.71. The van der Waals surface area contributed by atoms with Gasteiger partial charge in [0.1, 0.15) is 17.6 Å². The van der Waals surface area contributed by atoms with Crippen LogP contribution in [0.3, 0.4) is 0 Å². The molecule has 0 aliphatic carbocycles. The number of rotatable bonds is 5. The van der Waals surface area contributed by atoms with Crippen LogP contribution in [-0.4, -0.2) is 36.6 Å². The highest BCUT2D eigenvalue weighted by atomic mass is 19.2. The Morgan fingerprint density at radius 1 is 1.08 bits per heavy atom.